The summed E-state index contributed by atoms with van der Waals surface area (Å²) in [6, 6.07) is 0. The van der Waals surface area contributed by atoms with Crippen molar-refractivity contribution in [3.8, 4) is 10.4 Å². The van der Waals surface area contributed by atoms with Gasteiger partial charge in [0.25, 0.3) is 0 Å². The average Bonchev–Trinajstić information content (AvgIpc) is 3.54. The lowest BCUT2D eigenvalue weighted by Crippen LogP contribution is -2.04. The van der Waals surface area contributed by atoms with E-state index in [-0.39, 0.29) is 10.2 Å². The fourth-order valence-electron chi connectivity index (χ4n) is 6.31. The minimum Gasteiger partial charge on any atom is -0.281 e. The van der Waals surface area contributed by atoms with Crippen LogP contribution in [0, 0.1) is 55.4 Å². The van der Waals surface area contributed by atoms with Crippen molar-refractivity contribution < 1.29 is 9.59 Å². The van der Waals surface area contributed by atoms with Crippen LogP contribution in [0.1, 0.15) is 104 Å². The fourth-order valence-corrected chi connectivity index (χ4v) is 11.8. The molecule has 0 saturated heterocycles. The van der Waals surface area contributed by atoms with Crippen molar-refractivity contribution in [1.82, 2.24) is 0 Å². The minimum atomic E-state index is 0.0596. The third-order valence-electron chi connectivity index (χ3n) is 8.86. The third-order valence-corrected chi connectivity index (χ3v) is 14.1. The molecule has 0 bridgehead atoms. The van der Waals surface area contributed by atoms with Crippen LogP contribution >= 0.6 is 46.2 Å². The number of rotatable bonds is 5. The van der Waals surface area contributed by atoms with Crippen molar-refractivity contribution in [2.24, 2.45) is 0 Å². The molecule has 0 atom stereocenters. The average molecular weight is 607 g/mol. The van der Waals surface area contributed by atoms with E-state index in [9.17, 15) is 9.59 Å². The Morgan fingerprint density at radius 3 is 1.32 bits per heavy atom. The first-order chi connectivity index (χ1) is 18.7. The summed E-state index contributed by atoms with van der Waals surface area (Å²) >= 11 is 5.95. The quantitative estimate of drug-likeness (QED) is 0.289. The molecule has 0 unspecified atom stereocenters. The van der Waals surface area contributed by atoms with E-state index in [1.165, 1.54) is 83.3 Å². The van der Waals surface area contributed by atoms with E-state index in [1.54, 1.807) is 22.7 Å². The topological polar surface area (TPSA) is 34.1 Å². The zero-order valence-corrected chi connectivity index (χ0v) is 28.9. The highest BCUT2D eigenvalue weighted by Crippen LogP contribution is 2.59. The van der Waals surface area contributed by atoms with E-state index in [2.05, 4.69) is 83.1 Å². The molecule has 1 aromatic carbocycles. The van der Waals surface area contributed by atoms with Crippen LogP contribution < -0.4 is 0 Å². The highest BCUT2D eigenvalue weighted by Gasteiger charge is 2.43. The van der Waals surface area contributed by atoms with Gasteiger partial charge in [0.2, 0.25) is 10.2 Å². The van der Waals surface area contributed by atoms with Crippen LogP contribution in [0.2, 0.25) is 0 Å². The van der Waals surface area contributed by atoms with Gasteiger partial charge in [-0.3, -0.25) is 9.59 Å². The predicted octanol–water partition coefficient (Wildman–Crippen LogP) is 10.9. The summed E-state index contributed by atoms with van der Waals surface area (Å²) in [5.41, 5.74) is 14.4. The lowest BCUT2D eigenvalue weighted by atomic mass is 9.83. The lowest BCUT2D eigenvalue weighted by molar-refractivity contribution is -0.106. The molecule has 6 heteroatoms. The number of thiophene rings is 2. The van der Waals surface area contributed by atoms with Gasteiger partial charge in [0.1, 0.15) is 0 Å². The van der Waals surface area contributed by atoms with E-state index in [4.69, 9.17) is 0 Å². The SMILES string of the molecule is Cc1c(C2=C3SC(=O)C(c4sc(C(C)C)c(C)c4C)=C3SC2=O)sc(-c2c(C)c(C)c(C(C)C)c(C)c2C)c1C. The van der Waals surface area contributed by atoms with Crippen LogP contribution in [0.15, 0.2) is 9.81 Å². The molecule has 5 rings (SSSR count). The lowest BCUT2D eigenvalue weighted by Gasteiger charge is -2.22. The molecule has 0 amide bonds. The molecule has 0 saturated carbocycles. The first-order valence-corrected chi connectivity index (χ1v) is 17.2. The van der Waals surface area contributed by atoms with Crippen LogP contribution in [0.3, 0.4) is 0 Å². The molecule has 0 fully saturated rings. The third kappa shape index (κ3) is 4.28. The summed E-state index contributed by atoms with van der Waals surface area (Å²) in [5.74, 6) is 0.872. The largest absolute Gasteiger partial charge is 0.281 e. The molecular weight excluding hydrogens is 569 g/mol. The van der Waals surface area contributed by atoms with E-state index in [0.717, 1.165) is 36.3 Å². The fraction of sp³-hybridized carbons (Fsp3) is 0.412. The van der Waals surface area contributed by atoms with Gasteiger partial charge in [0.15, 0.2) is 0 Å². The van der Waals surface area contributed by atoms with Crippen molar-refractivity contribution in [3.63, 3.8) is 0 Å². The van der Waals surface area contributed by atoms with Gasteiger partial charge >= 0.3 is 0 Å². The molecule has 0 N–H and O–H groups in total. The molecule has 2 nitrogen and oxygen atoms in total. The summed E-state index contributed by atoms with van der Waals surface area (Å²) in [5, 5.41) is 0.125. The molecule has 4 heterocycles. The van der Waals surface area contributed by atoms with E-state index in [0.29, 0.717) is 11.8 Å². The Kier molecular flexibility index (Phi) is 7.74. The predicted molar refractivity (Wildman–Crippen MR) is 179 cm³/mol. The first kappa shape index (κ1) is 29.6. The normalized spacial score (nSPS) is 15.7. The number of hydrogen-bond donors (Lipinski definition) is 0. The van der Waals surface area contributed by atoms with E-state index >= 15 is 0 Å². The summed E-state index contributed by atoms with van der Waals surface area (Å²) in [7, 11) is 0. The molecule has 0 aliphatic carbocycles. The standard InChI is InChI=1S/C34H38O2S4/c1-13(2)23-15(5)17(7)24(18(8)16(23)6)28-21(11)22(12)30(38-28)26-32-31(39-34(26)36)25(33(35)40-32)29-20(10)19(9)27(37-29)14(3)4/h13-14H,1-12H3. The maximum Gasteiger partial charge on any atom is 0.226 e. The Bertz CT molecular complexity index is 1670. The maximum atomic E-state index is 13.7. The van der Waals surface area contributed by atoms with Crippen LogP contribution in [-0.2, 0) is 9.59 Å². The van der Waals surface area contributed by atoms with Gasteiger partial charge in [-0.2, -0.15) is 0 Å². The van der Waals surface area contributed by atoms with E-state index < -0.39 is 0 Å². The summed E-state index contributed by atoms with van der Waals surface area (Å²) < 4.78 is 0. The second kappa shape index (κ2) is 10.4. The Hall–Kier alpha value is -1.86. The Labute approximate surface area is 255 Å². The number of fused-ring (bicyclic) bond motifs is 1. The maximum absolute atomic E-state index is 13.7. The van der Waals surface area contributed by atoms with Crippen molar-refractivity contribution in [3.05, 3.63) is 74.5 Å². The molecule has 40 heavy (non-hydrogen) atoms. The summed E-state index contributed by atoms with van der Waals surface area (Å²) in [6.07, 6.45) is 0. The van der Waals surface area contributed by atoms with Gasteiger partial charge in [0.05, 0.1) is 11.1 Å². The summed E-state index contributed by atoms with van der Waals surface area (Å²) in [6.45, 7) is 26.5. The second-order valence-corrected chi connectivity index (χ2v) is 15.9. The molecule has 2 aliphatic rings. The van der Waals surface area contributed by atoms with Crippen molar-refractivity contribution in [2.75, 3.05) is 0 Å². The second-order valence-electron chi connectivity index (χ2n) is 11.8. The smallest absolute Gasteiger partial charge is 0.226 e. The zero-order valence-electron chi connectivity index (χ0n) is 25.6. The number of hydrogen-bond acceptors (Lipinski definition) is 6. The number of benzene rings is 1. The van der Waals surface area contributed by atoms with Gasteiger partial charge < -0.3 is 0 Å². The van der Waals surface area contributed by atoms with Crippen molar-refractivity contribution in [1.29, 1.82) is 0 Å². The van der Waals surface area contributed by atoms with Gasteiger partial charge in [-0.05, 0) is 146 Å². The van der Waals surface area contributed by atoms with Gasteiger partial charge in [-0.15, -0.1) is 22.7 Å². The monoisotopic (exact) mass is 606 g/mol. The summed E-state index contributed by atoms with van der Waals surface area (Å²) in [4.78, 5) is 33.5. The Balaban J connectivity index is 1.71. The molecule has 0 radical (unpaired) electrons. The molecule has 3 aromatic rings. The van der Waals surface area contributed by atoms with Gasteiger partial charge in [-0.1, -0.05) is 27.7 Å². The molecule has 2 aromatic heterocycles. The van der Waals surface area contributed by atoms with Gasteiger partial charge in [0, 0.05) is 29.3 Å². The highest BCUT2D eigenvalue weighted by atomic mass is 32.2. The van der Waals surface area contributed by atoms with Crippen LogP contribution in [0.5, 0.6) is 0 Å². The van der Waals surface area contributed by atoms with Crippen molar-refractivity contribution in [2.45, 2.75) is 94.9 Å². The zero-order chi connectivity index (χ0) is 29.5. The number of thioether (sulfide) groups is 2. The molecule has 0 spiro atoms. The Morgan fingerprint density at radius 2 is 0.900 bits per heavy atom. The minimum absolute atomic E-state index is 0.0596. The number of carbonyl (C=O) groups excluding carboxylic acids is 2. The van der Waals surface area contributed by atoms with Gasteiger partial charge in [-0.25, -0.2) is 0 Å². The van der Waals surface area contributed by atoms with Crippen LogP contribution in [0.4, 0.5) is 0 Å². The van der Waals surface area contributed by atoms with Crippen LogP contribution in [0.25, 0.3) is 21.6 Å². The number of carbonyl (C=O) groups is 2. The van der Waals surface area contributed by atoms with Crippen molar-refractivity contribution >= 4 is 67.6 Å². The molecular formula is C34H38O2S4. The highest BCUT2D eigenvalue weighted by molar-refractivity contribution is 8.25. The molecule has 210 valence electrons. The Morgan fingerprint density at radius 1 is 0.475 bits per heavy atom. The molecule has 2 aliphatic heterocycles. The van der Waals surface area contributed by atoms with Crippen LogP contribution in [-0.4, -0.2) is 10.2 Å². The first-order valence-electron chi connectivity index (χ1n) is 13.9. The van der Waals surface area contributed by atoms with E-state index in [1.807, 2.05) is 0 Å².